The number of carbonyl (C=O) groups is 1. The minimum absolute atomic E-state index is 0.0501. The van der Waals surface area contributed by atoms with Gasteiger partial charge >= 0.3 is 0 Å². The number of hydrogen-bond donors (Lipinski definition) is 1. The Balaban J connectivity index is 1.33. The van der Waals surface area contributed by atoms with E-state index in [1.54, 1.807) is 0 Å². The Kier molecular flexibility index (Phi) is 5.09. The quantitative estimate of drug-likeness (QED) is 0.868. The van der Waals surface area contributed by atoms with E-state index in [2.05, 4.69) is 15.1 Å². The van der Waals surface area contributed by atoms with E-state index in [0.717, 1.165) is 57.5 Å². The van der Waals surface area contributed by atoms with Crippen LogP contribution in [0.1, 0.15) is 12.8 Å². The van der Waals surface area contributed by atoms with Crippen LogP contribution in [0.3, 0.4) is 0 Å². The number of halogens is 2. The average Bonchev–Trinajstić information content (AvgIpc) is 3.49. The van der Waals surface area contributed by atoms with Crippen LogP contribution in [0, 0.1) is 0 Å². The molecule has 3 fully saturated rings. The van der Waals surface area contributed by atoms with E-state index in [-0.39, 0.29) is 11.9 Å². The van der Waals surface area contributed by atoms with Crippen LogP contribution < -0.4 is 10.2 Å². The number of hydrogen-bond acceptors (Lipinski definition) is 4. The van der Waals surface area contributed by atoms with E-state index in [1.165, 1.54) is 12.8 Å². The summed E-state index contributed by atoms with van der Waals surface area (Å²) in [7, 11) is 0. The molecular formula is C18H24Cl2N4O. The molecule has 2 aliphatic heterocycles. The van der Waals surface area contributed by atoms with E-state index in [0.29, 0.717) is 10.0 Å². The van der Waals surface area contributed by atoms with Crippen LogP contribution in [0.2, 0.25) is 10.0 Å². The third kappa shape index (κ3) is 3.90. The Morgan fingerprint density at radius 1 is 1.04 bits per heavy atom. The molecule has 0 bridgehead atoms. The van der Waals surface area contributed by atoms with Gasteiger partial charge in [-0.15, -0.1) is 0 Å². The van der Waals surface area contributed by atoms with E-state index in [4.69, 9.17) is 23.2 Å². The second-order valence-electron chi connectivity index (χ2n) is 7.14. The number of benzene rings is 1. The molecular weight excluding hydrogens is 359 g/mol. The molecule has 5 nitrogen and oxygen atoms in total. The minimum Gasteiger partial charge on any atom is -0.368 e. The highest BCUT2D eigenvalue weighted by Crippen LogP contribution is 2.29. The normalized spacial score (nSPS) is 25.3. The number of anilines is 1. The summed E-state index contributed by atoms with van der Waals surface area (Å²) >= 11 is 12.1. The van der Waals surface area contributed by atoms with Gasteiger partial charge in [0.15, 0.2) is 0 Å². The lowest BCUT2D eigenvalue weighted by molar-refractivity contribution is -0.135. The summed E-state index contributed by atoms with van der Waals surface area (Å²) in [6.45, 7) is 5.99. The molecule has 1 aliphatic carbocycles. The third-order valence-electron chi connectivity index (χ3n) is 5.43. The van der Waals surface area contributed by atoms with Crippen LogP contribution in [0.15, 0.2) is 18.2 Å². The lowest BCUT2D eigenvalue weighted by Gasteiger charge is -2.40. The lowest BCUT2D eigenvalue weighted by Crippen LogP contribution is -2.60. The van der Waals surface area contributed by atoms with E-state index in [1.807, 2.05) is 23.1 Å². The molecule has 2 saturated heterocycles. The molecule has 0 unspecified atom stereocenters. The first kappa shape index (κ1) is 17.4. The summed E-state index contributed by atoms with van der Waals surface area (Å²) in [5, 5.41) is 4.55. The fraction of sp³-hybridized carbons (Fsp3) is 0.611. The van der Waals surface area contributed by atoms with Gasteiger partial charge in [0.05, 0.1) is 16.1 Å². The smallest absolute Gasteiger partial charge is 0.241 e. The van der Waals surface area contributed by atoms with Gasteiger partial charge in [0.2, 0.25) is 5.91 Å². The van der Waals surface area contributed by atoms with Crippen LogP contribution in [0.4, 0.5) is 5.69 Å². The molecule has 1 N–H and O–H groups in total. The van der Waals surface area contributed by atoms with Gasteiger partial charge in [-0.2, -0.15) is 0 Å². The van der Waals surface area contributed by atoms with Crippen molar-refractivity contribution in [3.05, 3.63) is 28.2 Å². The zero-order valence-electron chi connectivity index (χ0n) is 14.3. The monoisotopic (exact) mass is 382 g/mol. The zero-order valence-corrected chi connectivity index (χ0v) is 15.8. The molecule has 136 valence electrons. The first-order valence-electron chi connectivity index (χ1n) is 9.08. The van der Waals surface area contributed by atoms with Crippen LogP contribution >= 0.6 is 23.2 Å². The number of nitrogens with zero attached hydrogens (tertiary/aromatic N) is 3. The molecule has 0 spiro atoms. The first-order chi connectivity index (χ1) is 12.1. The van der Waals surface area contributed by atoms with Crippen molar-refractivity contribution in [3.63, 3.8) is 0 Å². The largest absolute Gasteiger partial charge is 0.368 e. The second-order valence-corrected chi connectivity index (χ2v) is 7.96. The van der Waals surface area contributed by atoms with Crippen molar-refractivity contribution in [2.75, 3.05) is 50.7 Å². The number of rotatable bonds is 3. The number of piperazine rings is 2. The highest BCUT2D eigenvalue weighted by atomic mass is 35.5. The molecule has 0 radical (unpaired) electrons. The summed E-state index contributed by atoms with van der Waals surface area (Å²) < 4.78 is 0. The van der Waals surface area contributed by atoms with Crippen molar-refractivity contribution in [2.45, 2.75) is 24.9 Å². The number of amides is 1. The highest BCUT2D eigenvalue weighted by Gasteiger charge is 2.36. The topological polar surface area (TPSA) is 38.8 Å². The van der Waals surface area contributed by atoms with Crippen molar-refractivity contribution in [3.8, 4) is 0 Å². The second kappa shape index (κ2) is 7.31. The summed E-state index contributed by atoms with van der Waals surface area (Å²) in [5.74, 6) is 0.249. The Morgan fingerprint density at radius 2 is 1.80 bits per heavy atom. The van der Waals surface area contributed by atoms with E-state index < -0.39 is 0 Å². The predicted molar refractivity (Wildman–Crippen MR) is 102 cm³/mol. The fourth-order valence-electron chi connectivity index (χ4n) is 3.80. The molecule has 7 heteroatoms. The number of nitrogens with one attached hydrogen (secondary N) is 1. The van der Waals surface area contributed by atoms with Gasteiger partial charge in [0, 0.05) is 57.5 Å². The maximum Gasteiger partial charge on any atom is 0.241 e. The van der Waals surface area contributed by atoms with Crippen molar-refractivity contribution in [2.24, 2.45) is 0 Å². The molecule has 1 amide bonds. The standard InChI is InChI=1S/C18H24Cl2N4O/c19-15-4-3-14(11-16(15)20)22-7-9-23(10-8-22)18(25)17-12-24(6-5-21-17)13-1-2-13/h3-4,11,13,17,21H,1-2,5-10,12H2/t17-/m1/s1. The van der Waals surface area contributed by atoms with E-state index >= 15 is 0 Å². The number of carbonyl (C=O) groups excluding carboxylic acids is 1. The molecule has 1 aromatic rings. The van der Waals surface area contributed by atoms with Gasteiger partial charge in [0.1, 0.15) is 0 Å². The third-order valence-corrected chi connectivity index (χ3v) is 6.17. The van der Waals surface area contributed by atoms with E-state index in [9.17, 15) is 4.79 Å². The average molecular weight is 383 g/mol. The van der Waals surface area contributed by atoms with Crippen molar-refractivity contribution < 1.29 is 4.79 Å². The Labute approximate surface area is 158 Å². The highest BCUT2D eigenvalue weighted by molar-refractivity contribution is 6.42. The lowest BCUT2D eigenvalue weighted by atomic mass is 10.1. The van der Waals surface area contributed by atoms with Gasteiger partial charge < -0.3 is 15.1 Å². The molecule has 3 aliphatic rings. The Morgan fingerprint density at radius 3 is 2.48 bits per heavy atom. The summed E-state index contributed by atoms with van der Waals surface area (Å²) in [6.07, 6.45) is 2.59. The Bertz CT molecular complexity index is 644. The van der Waals surface area contributed by atoms with Crippen LogP contribution in [-0.2, 0) is 4.79 Å². The molecule has 1 aromatic carbocycles. The Hall–Kier alpha value is -1.01. The molecule has 0 aromatic heterocycles. The van der Waals surface area contributed by atoms with Crippen LogP contribution in [0.25, 0.3) is 0 Å². The fourth-order valence-corrected chi connectivity index (χ4v) is 4.09. The molecule has 2 heterocycles. The maximum atomic E-state index is 12.9. The maximum absolute atomic E-state index is 12.9. The van der Waals surface area contributed by atoms with Crippen molar-refractivity contribution >= 4 is 34.8 Å². The molecule has 4 rings (SSSR count). The van der Waals surface area contributed by atoms with Gasteiger partial charge in [0.25, 0.3) is 0 Å². The van der Waals surface area contributed by atoms with Crippen molar-refractivity contribution in [1.82, 2.24) is 15.1 Å². The summed E-state index contributed by atoms with van der Waals surface area (Å²) in [4.78, 5) is 19.6. The molecule has 1 atom stereocenters. The molecule has 1 saturated carbocycles. The van der Waals surface area contributed by atoms with Gasteiger partial charge in [-0.05, 0) is 31.0 Å². The SMILES string of the molecule is O=C([C@H]1CN(C2CC2)CCN1)N1CCN(c2ccc(Cl)c(Cl)c2)CC1. The summed E-state index contributed by atoms with van der Waals surface area (Å²) in [6, 6.07) is 6.39. The molecule has 25 heavy (non-hydrogen) atoms. The first-order valence-corrected chi connectivity index (χ1v) is 9.83. The van der Waals surface area contributed by atoms with Crippen LogP contribution in [0.5, 0.6) is 0 Å². The van der Waals surface area contributed by atoms with Gasteiger partial charge in [-0.25, -0.2) is 0 Å². The zero-order chi connectivity index (χ0) is 17.4. The van der Waals surface area contributed by atoms with Gasteiger partial charge in [-0.1, -0.05) is 23.2 Å². The van der Waals surface area contributed by atoms with Gasteiger partial charge in [-0.3, -0.25) is 9.69 Å². The summed E-state index contributed by atoms with van der Waals surface area (Å²) in [5.41, 5.74) is 1.07. The van der Waals surface area contributed by atoms with Crippen molar-refractivity contribution in [1.29, 1.82) is 0 Å². The van der Waals surface area contributed by atoms with Crippen LogP contribution in [-0.4, -0.2) is 73.6 Å². The minimum atomic E-state index is -0.0501. The predicted octanol–water partition coefficient (Wildman–Crippen LogP) is 2.08.